The molecule has 1 saturated carbocycles. The summed E-state index contributed by atoms with van der Waals surface area (Å²) in [6.45, 7) is 1.97. The van der Waals surface area contributed by atoms with Crippen LogP contribution in [-0.2, 0) is 4.79 Å². The highest BCUT2D eigenvalue weighted by Crippen LogP contribution is 2.36. The van der Waals surface area contributed by atoms with Crippen molar-refractivity contribution in [3.8, 4) is 0 Å². The Morgan fingerprint density at radius 1 is 1.37 bits per heavy atom. The van der Waals surface area contributed by atoms with Crippen LogP contribution in [0.3, 0.4) is 0 Å². The number of carbonyl (C=O) groups is 1. The van der Waals surface area contributed by atoms with E-state index in [4.69, 9.17) is 4.42 Å². The minimum absolute atomic E-state index is 0.141. The van der Waals surface area contributed by atoms with Crippen LogP contribution in [0.15, 0.2) is 47.2 Å². The van der Waals surface area contributed by atoms with E-state index in [2.05, 4.69) is 4.98 Å². The lowest BCUT2D eigenvalue weighted by molar-refractivity contribution is -0.120. The highest BCUT2D eigenvalue weighted by molar-refractivity contribution is 5.96. The molecule has 2 aromatic rings. The summed E-state index contributed by atoms with van der Waals surface area (Å²) in [7, 11) is 0. The maximum Gasteiger partial charge on any atom is 0.231 e. The van der Waals surface area contributed by atoms with E-state index in [0.29, 0.717) is 5.82 Å². The van der Waals surface area contributed by atoms with Crippen molar-refractivity contribution in [1.82, 2.24) is 4.98 Å². The molecule has 2 heterocycles. The second-order valence-corrected chi connectivity index (χ2v) is 4.86. The van der Waals surface area contributed by atoms with Crippen molar-refractivity contribution < 1.29 is 9.21 Å². The van der Waals surface area contributed by atoms with Gasteiger partial charge in [-0.3, -0.25) is 9.69 Å². The number of aromatic nitrogens is 1. The third-order valence-electron chi connectivity index (χ3n) is 3.40. The van der Waals surface area contributed by atoms with Gasteiger partial charge in [-0.2, -0.15) is 0 Å². The van der Waals surface area contributed by atoms with Crippen LogP contribution in [0.1, 0.15) is 31.6 Å². The lowest BCUT2D eigenvalue weighted by atomic mass is 10.2. The van der Waals surface area contributed by atoms with Crippen LogP contribution >= 0.6 is 0 Å². The Labute approximate surface area is 112 Å². The molecule has 3 rings (SSSR count). The second kappa shape index (κ2) is 4.88. The predicted molar refractivity (Wildman–Crippen MR) is 71.6 cm³/mol. The third kappa shape index (κ3) is 2.38. The first-order chi connectivity index (χ1) is 9.27. The van der Waals surface area contributed by atoms with Crippen LogP contribution in [0, 0.1) is 5.92 Å². The molecule has 0 radical (unpaired) electrons. The number of furan rings is 1. The maximum absolute atomic E-state index is 12.5. The molecule has 1 aliphatic carbocycles. The third-order valence-corrected chi connectivity index (χ3v) is 3.40. The quantitative estimate of drug-likeness (QED) is 0.844. The Morgan fingerprint density at radius 3 is 2.79 bits per heavy atom. The molecule has 4 nitrogen and oxygen atoms in total. The molecule has 4 heteroatoms. The Kier molecular flexibility index (Phi) is 3.07. The van der Waals surface area contributed by atoms with E-state index in [-0.39, 0.29) is 17.9 Å². The number of pyridine rings is 1. The van der Waals surface area contributed by atoms with E-state index in [1.807, 2.05) is 37.3 Å². The number of hydrogen-bond donors (Lipinski definition) is 0. The molecule has 1 fully saturated rings. The molecule has 1 aliphatic rings. The van der Waals surface area contributed by atoms with Gasteiger partial charge in [0.2, 0.25) is 5.91 Å². The topological polar surface area (TPSA) is 46.3 Å². The van der Waals surface area contributed by atoms with Gasteiger partial charge in [-0.15, -0.1) is 0 Å². The smallest absolute Gasteiger partial charge is 0.231 e. The molecule has 98 valence electrons. The number of hydrogen-bond acceptors (Lipinski definition) is 3. The average molecular weight is 256 g/mol. The van der Waals surface area contributed by atoms with E-state index in [1.165, 1.54) is 0 Å². The van der Waals surface area contributed by atoms with Gasteiger partial charge in [-0.05, 0) is 44.0 Å². The van der Waals surface area contributed by atoms with E-state index < -0.39 is 0 Å². The molecule has 1 unspecified atom stereocenters. The van der Waals surface area contributed by atoms with Crippen molar-refractivity contribution in [2.24, 2.45) is 5.92 Å². The zero-order chi connectivity index (χ0) is 13.2. The minimum atomic E-state index is -0.141. The monoisotopic (exact) mass is 256 g/mol. The number of amides is 1. The van der Waals surface area contributed by atoms with Crippen molar-refractivity contribution in [3.05, 3.63) is 48.6 Å². The first-order valence-electron chi connectivity index (χ1n) is 6.55. The van der Waals surface area contributed by atoms with E-state index in [9.17, 15) is 4.79 Å². The highest BCUT2D eigenvalue weighted by Gasteiger charge is 2.37. The summed E-state index contributed by atoms with van der Waals surface area (Å²) >= 11 is 0. The van der Waals surface area contributed by atoms with Gasteiger partial charge in [0.05, 0.1) is 12.3 Å². The van der Waals surface area contributed by atoms with Gasteiger partial charge in [0, 0.05) is 12.1 Å². The van der Waals surface area contributed by atoms with Crippen LogP contribution in [0.5, 0.6) is 0 Å². The van der Waals surface area contributed by atoms with Gasteiger partial charge < -0.3 is 4.42 Å². The fourth-order valence-electron chi connectivity index (χ4n) is 2.18. The molecule has 0 saturated heterocycles. The van der Waals surface area contributed by atoms with Crippen LogP contribution < -0.4 is 4.90 Å². The van der Waals surface area contributed by atoms with E-state index in [0.717, 1.165) is 18.6 Å². The molecule has 0 bridgehead atoms. The fraction of sp³-hybridized carbons (Fsp3) is 0.333. The number of carbonyl (C=O) groups excluding carboxylic acids is 1. The summed E-state index contributed by atoms with van der Waals surface area (Å²) < 4.78 is 5.43. The van der Waals surface area contributed by atoms with Gasteiger partial charge in [-0.1, -0.05) is 6.07 Å². The van der Waals surface area contributed by atoms with Crippen molar-refractivity contribution >= 4 is 11.7 Å². The summed E-state index contributed by atoms with van der Waals surface area (Å²) in [4.78, 5) is 18.5. The zero-order valence-electron chi connectivity index (χ0n) is 10.8. The molecular weight excluding hydrogens is 240 g/mol. The molecule has 2 aromatic heterocycles. The summed E-state index contributed by atoms with van der Waals surface area (Å²) in [6.07, 6.45) is 5.29. The summed E-state index contributed by atoms with van der Waals surface area (Å²) in [5, 5.41) is 0. The maximum atomic E-state index is 12.5. The molecule has 0 spiro atoms. The zero-order valence-corrected chi connectivity index (χ0v) is 10.8. The number of rotatable bonds is 4. The lowest BCUT2D eigenvalue weighted by Gasteiger charge is -2.27. The van der Waals surface area contributed by atoms with Crippen LogP contribution in [0.25, 0.3) is 0 Å². The van der Waals surface area contributed by atoms with Crippen LogP contribution in [0.2, 0.25) is 0 Å². The second-order valence-electron chi connectivity index (χ2n) is 4.86. The SMILES string of the molecule is CC(c1ccco1)N(C(=O)C1CC1)c1ccccn1. The molecule has 0 aliphatic heterocycles. The Morgan fingerprint density at radius 2 is 2.21 bits per heavy atom. The molecule has 1 atom stereocenters. The number of nitrogens with zero attached hydrogens (tertiary/aromatic N) is 2. The van der Waals surface area contributed by atoms with Crippen molar-refractivity contribution in [1.29, 1.82) is 0 Å². The van der Waals surface area contributed by atoms with Crippen LogP contribution in [-0.4, -0.2) is 10.9 Å². The normalized spacial score (nSPS) is 16.1. The van der Waals surface area contributed by atoms with Gasteiger partial charge >= 0.3 is 0 Å². The Balaban J connectivity index is 1.94. The van der Waals surface area contributed by atoms with E-state index >= 15 is 0 Å². The number of anilines is 1. The lowest BCUT2D eigenvalue weighted by Crippen LogP contribution is -2.35. The van der Waals surface area contributed by atoms with Crippen LogP contribution in [0.4, 0.5) is 5.82 Å². The fourth-order valence-corrected chi connectivity index (χ4v) is 2.18. The first-order valence-corrected chi connectivity index (χ1v) is 6.55. The van der Waals surface area contributed by atoms with Crippen molar-refractivity contribution in [2.45, 2.75) is 25.8 Å². The summed E-state index contributed by atoms with van der Waals surface area (Å²) in [6, 6.07) is 9.19. The Bertz CT molecular complexity index is 547. The van der Waals surface area contributed by atoms with Gasteiger partial charge in [-0.25, -0.2) is 4.98 Å². The minimum Gasteiger partial charge on any atom is -0.467 e. The van der Waals surface area contributed by atoms with Gasteiger partial charge in [0.15, 0.2) is 0 Å². The highest BCUT2D eigenvalue weighted by atomic mass is 16.3. The predicted octanol–water partition coefficient (Wildman–Crippen LogP) is 3.18. The molecule has 0 aromatic carbocycles. The first kappa shape index (κ1) is 12.0. The molecule has 0 N–H and O–H groups in total. The molecule has 19 heavy (non-hydrogen) atoms. The van der Waals surface area contributed by atoms with E-state index in [1.54, 1.807) is 17.4 Å². The average Bonchev–Trinajstić information content (AvgIpc) is 3.15. The standard InChI is InChI=1S/C15H16N2O2/c1-11(13-5-4-10-19-13)17(15(18)12-7-8-12)14-6-2-3-9-16-14/h2-6,9-12H,7-8H2,1H3. The van der Waals surface area contributed by atoms with Crippen molar-refractivity contribution in [2.75, 3.05) is 4.90 Å². The molecular formula is C15H16N2O2. The van der Waals surface area contributed by atoms with Crippen molar-refractivity contribution in [3.63, 3.8) is 0 Å². The largest absolute Gasteiger partial charge is 0.467 e. The summed E-state index contributed by atoms with van der Waals surface area (Å²) in [5.74, 6) is 1.75. The van der Waals surface area contributed by atoms with Gasteiger partial charge in [0.25, 0.3) is 0 Å². The van der Waals surface area contributed by atoms with Gasteiger partial charge in [0.1, 0.15) is 11.6 Å². The Hall–Kier alpha value is -2.10. The summed E-state index contributed by atoms with van der Waals surface area (Å²) in [5.41, 5.74) is 0. The molecule has 1 amide bonds.